The van der Waals surface area contributed by atoms with Crippen LogP contribution in [0.5, 0.6) is 0 Å². The number of aliphatic hydroxyl groups is 1. The molecule has 0 radical (unpaired) electrons. The van der Waals surface area contributed by atoms with Gasteiger partial charge in [0.05, 0.1) is 40.9 Å². The Morgan fingerprint density at radius 2 is 2.23 bits per heavy atom. The van der Waals surface area contributed by atoms with Crippen LogP contribution < -0.4 is 0 Å². The van der Waals surface area contributed by atoms with Crippen molar-refractivity contribution < 1.29 is 9.90 Å². The van der Waals surface area contributed by atoms with E-state index in [2.05, 4.69) is 20.4 Å². The summed E-state index contributed by atoms with van der Waals surface area (Å²) in [6.07, 6.45) is 0.762. The minimum absolute atomic E-state index is 0.222. The molecule has 0 aliphatic carbocycles. The molecule has 1 aliphatic heterocycles. The summed E-state index contributed by atoms with van der Waals surface area (Å²) in [6, 6.07) is 3.56. The first-order valence-electron chi connectivity index (χ1n) is 8.18. The van der Waals surface area contributed by atoms with Crippen molar-refractivity contribution in [1.82, 2.24) is 34.7 Å². The maximum Gasteiger partial charge on any atom is 0.276 e. The smallest absolute Gasteiger partial charge is 0.276 e. The lowest BCUT2D eigenvalue weighted by Crippen LogP contribution is -2.38. The Labute approximate surface area is 154 Å². The zero-order chi connectivity index (χ0) is 18.4. The number of fused-ring (bicyclic) bond motifs is 1. The normalized spacial score (nSPS) is 15.2. The van der Waals surface area contributed by atoms with Crippen LogP contribution >= 0.6 is 11.6 Å². The first-order valence-corrected chi connectivity index (χ1v) is 8.56. The molecular weight excluding hydrogens is 358 g/mol. The SMILES string of the molecule is Cc1[nH]nc(C(=O)N2CCn3nc([C@H](O)c4ccnn4C)cc3C2)c1Cl. The molecule has 3 aromatic rings. The highest BCUT2D eigenvalue weighted by Crippen LogP contribution is 2.25. The molecule has 4 heterocycles. The van der Waals surface area contributed by atoms with Gasteiger partial charge in [-0.1, -0.05) is 11.6 Å². The lowest BCUT2D eigenvalue weighted by molar-refractivity contribution is 0.0700. The van der Waals surface area contributed by atoms with Crippen molar-refractivity contribution in [2.75, 3.05) is 6.54 Å². The predicted octanol–water partition coefficient (Wildman–Crippen LogP) is 1.04. The highest BCUT2D eigenvalue weighted by atomic mass is 35.5. The Hall–Kier alpha value is -2.65. The van der Waals surface area contributed by atoms with E-state index in [1.54, 1.807) is 35.8 Å². The molecule has 0 aromatic carbocycles. The van der Waals surface area contributed by atoms with Crippen molar-refractivity contribution in [2.24, 2.45) is 7.05 Å². The number of aromatic nitrogens is 6. The van der Waals surface area contributed by atoms with Crippen molar-refractivity contribution in [3.8, 4) is 0 Å². The van der Waals surface area contributed by atoms with E-state index in [-0.39, 0.29) is 11.6 Å². The standard InChI is InChI=1S/C16H18ClN7O2/c1-9-13(17)14(20-19-9)16(26)23-5-6-24-10(8-23)7-11(21-24)15(25)12-3-4-18-22(12)2/h3-4,7,15,25H,5-6,8H2,1-2H3,(H,19,20)/t15-/m0/s1. The summed E-state index contributed by atoms with van der Waals surface area (Å²) in [5.74, 6) is -0.222. The Morgan fingerprint density at radius 3 is 2.88 bits per heavy atom. The van der Waals surface area contributed by atoms with Gasteiger partial charge < -0.3 is 10.0 Å². The van der Waals surface area contributed by atoms with Gasteiger partial charge in [-0.15, -0.1) is 0 Å². The molecule has 4 rings (SSSR count). The van der Waals surface area contributed by atoms with Crippen LogP contribution in [0.15, 0.2) is 18.3 Å². The maximum absolute atomic E-state index is 12.7. The number of amides is 1. The van der Waals surface area contributed by atoms with E-state index in [1.807, 2.05) is 10.7 Å². The Morgan fingerprint density at radius 1 is 1.42 bits per heavy atom. The first-order chi connectivity index (χ1) is 12.5. The fourth-order valence-electron chi connectivity index (χ4n) is 3.11. The Bertz CT molecular complexity index is 973. The van der Waals surface area contributed by atoms with Gasteiger partial charge in [0, 0.05) is 19.8 Å². The molecule has 9 nitrogen and oxygen atoms in total. The van der Waals surface area contributed by atoms with E-state index in [1.165, 1.54) is 0 Å². The van der Waals surface area contributed by atoms with Crippen molar-refractivity contribution >= 4 is 17.5 Å². The van der Waals surface area contributed by atoms with E-state index in [4.69, 9.17) is 11.6 Å². The number of nitrogens with zero attached hydrogens (tertiary/aromatic N) is 6. The third-order valence-electron chi connectivity index (χ3n) is 4.60. The molecule has 3 aromatic heterocycles. The molecule has 26 heavy (non-hydrogen) atoms. The third kappa shape index (κ3) is 2.69. The second-order valence-electron chi connectivity index (χ2n) is 6.30. The largest absolute Gasteiger partial charge is 0.380 e. The van der Waals surface area contributed by atoms with E-state index in [0.29, 0.717) is 41.7 Å². The summed E-state index contributed by atoms with van der Waals surface area (Å²) >= 11 is 6.14. The number of carbonyl (C=O) groups is 1. The summed E-state index contributed by atoms with van der Waals surface area (Å²) in [5.41, 5.74) is 2.94. The minimum atomic E-state index is -0.867. The Balaban J connectivity index is 1.56. The molecule has 2 N–H and O–H groups in total. The summed E-state index contributed by atoms with van der Waals surface area (Å²) < 4.78 is 3.43. The quantitative estimate of drug-likeness (QED) is 0.711. The van der Waals surface area contributed by atoms with Gasteiger partial charge in [0.15, 0.2) is 5.69 Å². The summed E-state index contributed by atoms with van der Waals surface area (Å²) in [7, 11) is 1.77. The highest BCUT2D eigenvalue weighted by molar-refractivity contribution is 6.34. The van der Waals surface area contributed by atoms with Gasteiger partial charge in [-0.3, -0.25) is 19.3 Å². The molecule has 0 spiro atoms. The molecule has 0 saturated heterocycles. The van der Waals surface area contributed by atoms with Crippen molar-refractivity contribution in [3.63, 3.8) is 0 Å². The van der Waals surface area contributed by atoms with Gasteiger partial charge in [-0.25, -0.2) is 0 Å². The molecule has 1 aliphatic rings. The number of H-pyrrole nitrogens is 1. The van der Waals surface area contributed by atoms with Crippen molar-refractivity contribution in [1.29, 1.82) is 0 Å². The average molecular weight is 376 g/mol. The number of aromatic amines is 1. The fourth-order valence-corrected chi connectivity index (χ4v) is 3.27. The van der Waals surface area contributed by atoms with Gasteiger partial charge in [0.1, 0.15) is 6.10 Å². The van der Waals surface area contributed by atoms with Crippen LogP contribution in [-0.2, 0) is 20.1 Å². The van der Waals surface area contributed by atoms with Crippen molar-refractivity contribution in [3.05, 3.63) is 51.8 Å². The number of hydrogen-bond donors (Lipinski definition) is 2. The second kappa shape index (κ2) is 6.26. The number of aryl methyl sites for hydroxylation is 2. The van der Waals surface area contributed by atoms with Gasteiger partial charge >= 0.3 is 0 Å². The van der Waals surface area contributed by atoms with E-state index >= 15 is 0 Å². The molecule has 0 unspecified atom stereocenters. The van der Waals surface area contributed by atoms with Crippen LogP contribution in [0.1, 0.15) is 39.4 Å². The lowest BCUT2D eigenvalue weighted by atomic mass is 10.1. The molecule has 136 valence electrons. The molecule has 0 fully saturated rings. The van der Waals surface area contributed by atoms with E-state index in [0.717, 1.165) is 5.69 Å². The molecule has 1 amide bonds. The summed E-state index contributed by atoms with van der Waals surface area (Å²) in [4.78, 5) is 14.4. The zero-order valence-corrected chi connectivity index (χ0v) is 15.1. The first kappa shape index (κ1) is 16.8. The fraction of sp³-hybridized carbons (Fsp3) is 0.375. The topological polar surface area (TPSA) is 105 Å². The number of nitrogens with one attached hydrogen (secondary N) is 1. The van der Waals surface area contributed by atoms with Crippen LogP contribution in [0.4, 0.5) is 0 Å². The number of aliphatic hydroxyl groups excluding tert-OH is 1. The van der Waals surface area contributed by atoms with Gasteiger partial charge in [-0.05, 0) is 19.1 Å². The molecule has 0 bridgehead atoms. The predicted molar refractivity (Wildman–Crippen MR) is 92.6 cm³/mol. The van der Waals surface area contributed by atoms with Crippen molar-refractivity contribution in [2.45, 2.75) is 26.1 Å². The van der Waals surface area contributed by atoms with Crippen LogP contribution in [0.25, 0.3) is 0 Å². The van der Waals surface area contributed by atoms with Crippen LogP contribution in [0.3, 0.4) is 0 Å². The van der Waals surface area contributed by atoms with Gasteiger partial charge in [-0.2, -0.15) is 15.3 Å². The second-order valence-corrected chi connectivity index (χ2v) is 6.68. The molecular formula is C16H18ClN7O2. The van der Waals surface area contributed by atoms with Crippen LogP contribution in [0, 0.1) is 6.92 Å². The molecule has 10 heteroatoms. The monoisotopic (exact) mass is 375 g/mol. The number of halogens is 1. The number of carbonyl (C=O) groups excluding carboxylic acids is 1. The number of hydrogen-bond acceptors (Lipinski definition) is 5. The van der Waals surface area contributed by atoms with Gasteiger partial charge in [0.25, 0.3) is 5.91 Å². The summed E-state index contributed by atoms with van der Waals surface area (Å²) in [6.45, 7) is 3.19. The van der Waals surface area contributed by atoms with Crippen LogP contribution in [0.2, 0.25) is 5.02 Å². The van der Waals surface area contributed by atoms with Crippen LogP contribution in [-0.4, -0.2) is 52.2 Å². The third-order valence-corrected chi connectivity index (χ3v) is 5.06. The highest BCUT2D eigenvalue weighted by Gasteiger charge is 2.28. The average Bonchev–Trinajstić information content (AvgIpc) is 3.33. The maximum atomic E-state index is 12.7. The van der Waals surface area contributed by atoms with Gasteiger partial charge in [0.2, 0.25) is 0 Å². The van der Waals surface area contributed by atoms with E-state index in [9.17, 15) is 9.90 Å². The minimum Gasteiger partial charge on any atom is -0.380 e. The zero-order valence-electron chi connectivity index (χ0n) is 14.3. The van der Waals surface area contributed by atoms with E-state index < -0.39 is 6.10 Å². The molecule has 0 saturated carbocycles. The number of rotatable bonds is 3. The lowest BCUT2D eigenvalue weighted by Gasteiger charge is -2.27. The molecule has 1 atom stereocenters. The Kier molecular flexibility index (Phi) is 4.04. The summed E-state index contributed by atoms with van der Waals surface area (Å²) in [5, 5.41) is 26.2.